The summed E-state index contributed by atoms with van der Waals surface area (Å²) in [4.78, 5) is 11.5. The highest BCUT2D eigenvalue weighted by Gasteiger charge is 2.10. The standard InChI is InChI=1S/C12H14FNO2/c1-8(2)5-6-14-12(16)10-7-9(13)3-4-11(10)15/h3-5,7,15H,6H2,1-2H3,(H,14,16). The van der Waals surface area contributed by atoms with Gasteiger partial charge in [-0.15, -0.1) is 0 Å². The van der Waals surface area contributed by atoms with Crippen LogP contribution < -0.4 is 5.32 Å². The van der Waals surface area contributed by atoms with Gasteiger partial charge < -0.3 is 10.4 Å². The molecule has 0 aromatic heterocycles. The van der Waals surface area contributed by atoms with E-state index in [1.165, 1.54) is 0 Å². The van der Waals surface area contributed by atoms with Crippen molar-refractivity contribution in [2.75, 3.05) is 6.54 Å². The lowest BCUT2D eigenvalue weighted by Gasteiger charge is -2.05. The van der Waals surface area contributed by atoms with Gasteiger partial charge in [-0.3, -0.25) is 4.79 Å². The molecule has 0 aliphatic rings. The Balaban J connectivity index is 2.73. The van der Waals surface area contributed by atoms with Gasteiger partial charge in [-0.2, -0.15) is 0 Å². The maximum atomic E-state index is 12.9. The van der Waals surface area contributed by atoms with Crippen LogP contribution in [0.5, 0.6) is 5.75 Å². The van der Waals surface area contributed by atoms with E-state index in [1.807, 2.05) is 19.9 Å². The van der Waals surface area contributed by atoms with Gasteiger partial charge in [-0.05, 0) is 32.0 Å². The number of halogens is 1. The van der Waals surface area contributed by atoms with Gasteiger partial charge in [-0.25, -0.2) is 4.39 Å². The molecule has 86 valence electrons. The quantitative estimate of drug-likeness (QED) is 0.772. The van der Waals surface area contributed by atoms with Crippen LogP contribution in [0.25, 0.3) is 0 Å². The third kappa shape index (κ3) is 3.38. The number of hydrogen-bond acceptors (Lipinski definition) is 2. The summed E-state index contributed by atoms with van der Waals surface area (Å²) in [6.45, 7) is 4.18. The number of rotatable bonds is 3. The summed E-state index contributed by atoms with van der Waals surface area (Å²) in [5, 5.41) is 11.9. The molecule has 2 N–H and O–H groups in total. The Morgan fingerprint density at radius 1 is 1.50 bits per heavy atom. The maximum Gasteiger partial charge on any atom is 0.255 e. The molecule has 0 spiro atoms. The van der Waals surface area contributed by atoms with E-state index >= 15 is 0 Å². The van der Waals surface area contributed by atoms with Crippen molar-refractivity contribution in [3.05, 3.63) is 41.2 Å². The Hall–Kier alpha value is -1.84. The summed E-state index contributed by atoms with van der Waals surface area (Å²) in [7, 11) is 0. The smallest absolute Gasteiger partial charge is 0.255 e. The van der Waals surface area contributed by atoms with Crippen molar-refractivity contribution in [2.45, 2.75) is 13.8 Å². The van der Waals surface area contributed by atoms with Crippen LogP contribution >= 0.6 is 0 Å². The normalized spacial score (nSPS) is 9.69. The SMILES string of the molecule is CC(C)=CCNC(=O)c1cc(F)ccc1O. The second-order valence-electron chi connectivity index (χ2n) is 3.65. The zero-order valence-electron chi connectivity index (χ0n) is 9.25. The number of benzene rings is 1. The molecule has 1 amide bonds. The van der Waals surface area contributed by atoms with Gasteiger partial charge in [0, 0.05) is 6.54 Å². The second-order valence-corrected chi connectivity index (χ2v) is 3.65. The van der Waals surface area contributed by atoms with Crippen molar-refractivity contribution in [3.8, 4) is 5.75 Å². The van der Waals surface area contributed by atoms with Crippen LogP contribution in [-0.2, 0) is 0 Å². The van der Waals surface area contributed by atoms with E-state index in [0.29, 0.717) is 6.54 Å². The molecule has 0 bridgehead atoms. The zero-order valence-corrected chi connectivity index (χ0v) is 9.25. The maximum absolute atomic E-state index is 12.9. The fourth-order valence-electron chi connectivity index (χ4n) is 1.13. The first-order valence-corrected chi connectivity index (χ1v) is 4.91. The average molecular weight is 223 g/mol. The largest absolute Gasteiger partial charge is 0.507 e. The molecule has 0 radical (unpaired) electrons. The Morgan fingerprint density at radius 2 is 2.19 bits per heavy atom. The number of allylic oxidation sites excluding steroid dienone is 1. The first-order valence-electron chi connectivity index (χ1n) is 4.91. The van der Waals surface area contributed by atoms with Gasteiger partial charge in [-0.1, -0.05) is 11.6 Å². The molecule has 4 heteroatoms. The van der Waals surface area contributed by atoms with Crippen LogP contribution in [0, 0.1) is 5.82 Å². The van der Waals surface area contributed by atoms with Crippen molar-refractivity contribution in [1.82, 2.24) is 5.32 Å². The van der Waals surface area contributed by atoms with Crippen LogP contribution in [0.1, 0.15) is 24.2 Å². The topological polar surface area (TPSA) is 49.3 Å². The highest BCUT2D eigenvalue weighted by Crippen LogP contribution is 2.17. The number of carbonyl (C=O) groups excluding carboxylic acids is 1. The number of hydrogen-bond donors (Lipinski definition) is 2. The fourth-order valence-corrected chi connectivity index (χ4v) is 1.13. The summed E-state index contributed by atoms with van der Waals surface area (Å²) in [5.74, 6) is -1.27. The predicted molar refractivity (Wildman–Crippen MR) is 59.8 cm³/mol. The minimum absolute atomic E-state index is 0.0536. The van der Waals surface area contributed by atoms with E-state index < -0.39 is 11.7 Å². The molecule has 0 fully saturated rings. The van der Waals surface area contributed by atoms with Crippen LogP contribution in [-0.4, -0.2) is 17.6 Å². The van der Waals surface area contributed by atoms with Crippen molar-refractivity contribution in [3.63, 3.8) is 0 Å². The summed E-state index contributed by atoms with van der Waals surface area (Å²) in [6.07, 6.45) is 1.83. The molecule has 1 aromatic carbocycles. The molecule has 0 saturated heterocycles. The fraction of sp³-hybridized carbons (Fsp3) is 0.250. The summed E-state index contributed by atoms with van der Waals surface area (Å²) in [6, 6.07) is 3.26. The monoisotopic (exact) mass is 223 g/mol. The van der Waals surface area contributed by atoms with Crippen molar-refractivity contribution < 1.29 is 14.3 Å². The van der Waals surface area contributed by atoms with E-state index in [0.717, 1.165) is 23.8 Å². The lowest BCUT2D eigenvalue weighted by Crippen LogP contribution is -2.23. The predicted octanol–water partition coefficient (Wildman–Crippen LogP) is 2.23. The van der Waals surface area contributed by atoms with E-state index in [9.17, 15) is 14.3 Å². The number of aromatic hydroxyl groups is 1. The number of carbonyl (C=O) groups is 1. The molecule has 0 aliphatic carbocycles. The van der Waals surface area contributed by atoms with Gasteiger partial charge in [0.25, 0.3) is 5.91 Å². The highest BCUT2D eigenvalue weighted by molar-refractivity contribution is 5.96. The van der Waals surface area contributed by atoms with Crippen LogP contribution in [0.2, 0.25) is 0 Å². The van der Waals surface area contributed by atoms with Crippen molar-refractivity contribution >= 4 is 5.91 Å². The Bertz CT molecular complexity index is 423. The summed E-state index contributed by atoms with van der Waals surface area (Å²) >= 11 is 0. The van der Waals surface area contributed by atoms with Crippen LogP contribution in [0.4, 0.5) is 4.39 Å². The lowest BCUT2D eigenvalue weighted by molar-refractivity contribution is 0.0955. The Kier molecular flexibility index (Phi) is 4.05. The van der Waals surface area contributed by atoms with Crippen molar-refractivity contribution in [1.29, 1.82) is 0 Å². The summed E-state index contributed by atoms with van der Waals surface area (Å²) < 4.78 is 12.9. The Labute approximate surface area is 93.6 Å². The van der Waals surface area contributed by atoms with Gasteiger partial charge in [0.05, 0.1) is 5.56 Å². The first-order chi connectivity index (χ1) is 7.50. The highest BCUT2D eigenvalue weighted by atomic mass is 19.1. The van der Waals surface area contributed by atoms with Crippen LogP contribution in [0.3, 0.4) is 0 Å². The van der Waals surface area contributed by atoms with E-state index in [4.69, 9.17) is 0 Å². The molecule has 0 saturated carbocycles. The minimum atomic E-state index is -0.551. The second kappa shape index (κ2) is 5.30. The Morgan fingerprint density at radius 3 is 2.81 bits per heavy atom. The van der Waals surface area contributed by atoms with E-state index in [-0.39, 0.29) is 11.3 Å². The van der Waals surface area contributed by atoms with Gasteiger partial charge in [0.15, 0.2) is 0 Å². The molecule has 0 aliphatic heterocycles. The number of phenolic OH excluding ortho intramolecular Hbond substituents is 1. The number of amides is 1. The zero-order chi connectivity index (χ0) is 12.1. The molecule has 0 heterocycles. The number of nitrogens with one attached hydrogen (secondary N) is 1. The third-order valence-corrected chi connectivity index (χ3v) is 1.98. The van der Waals surface area contributed by atoms with Gasteiger partial charge in [0.2, 0.25) is 0 Å². The van der Waals surface area contributed by atoms with E-state index in [1.54, 1.807) is 0 Å². The average Bonchev–Trinajstić information content (AvgIpc) is 2.21. The molecule has 1 rings (SSSR count). The molecule has 0 atom stereocenters. The summed E-state index contributed by atoms with van der Waals surface area (Å²) in [5.41, 5.74) is 1.02. The first kappa shape index (κ1) is 12.2. The minimum Gasteiger partial charge on any atom is -0.507 e. The molecule has 3 nitrogen and oxygen atoms in total. The third-order valence-electron chi connectivity index (χ3n) is 1.98. The van der Waals surface area contributed by atoms with E-state index in [2.05, 4.69) is 5.32 Å². The lowest BCUT2D eigenvalue weighted by atomic mass is 10.2. The van der Waals surface area contributed by atoms with Gasteiger partial charge in [0.1, 0.15) is 11.6 Å². The molecule has 1 aromatic rings. The van der Waals surface area contributed by atoms with Crippen molar-refractivity contribution in [2.24, 2.45) is 0 Å². The molecule has 16 heavy (non-hydrogen) atoms. The molecular formula is C12H14FNO2. The number of phenols is 1. The molecular weight excluding hydrogens is 209 g/mol. The molecule has 0 unspecified atom stereocenters. The van der Waals surface area contributed by atoms with Gasteiger partial charge >= 0.3 is 0 Å². The van der Waals surface area contributed by atoms with Crippen LogP contribution in [0.15, 0.2) is 29.8 Å².